The summed E-state index contributed by atoms with van der Waals surface area (Å²) in [6, 6.07) is 0. The van der Waals surface area contributed by atoms with Crippen LogP contribution in [-0.4, -0.2) is 72.9 Å². The fourth-order valence-electron chi connectivity index (χ4n) is 4.93. The largest absolute Gasteiger partial charge is 0.466 e. The van der Waals surface area contributed by atoms with Crippen molar-refractivity contribution >= 4 is 23.8 Å². The third-order valence-corrected chi connectivity index (χ3v) is 7.26. The molecule has 0 aromatic carbocycles. The van der Waals surface area contributed by atoms with Crippen molar-refractivity contribution in [2.45, 2.75) is 116 Å². The van der Waals surface area contributed by atoms with Crippen LogP contribution in [-0.2, 0) is 28.7 Å². The first kappa shape index (κ1) is 31.8. The molecule has 2 rings (SSSR count). The lowest BCUT2D eigenvalue weighted by atomic mass is 10.2. The molecule has 0 N–H and O–H groups in total. The minimum absolute atomic E-state index is 0.250. The lowest BCUT2D eigenvalue weighted by Crippen LogP contribution is -2.31. The van der Waals surface area contributed by atoms with Gasteiger partial charge in [0.05, 0.1) is 13.2 Å². The molecular formula is C30H50N2O6. The van der Waals surface area contributed by atoms with Crippen molar-refractivity contribution in [2.24, 2.45) is 0 Å². The summed E-state index contributed by atoms with van der Waals surface area (Å²) in [4.78, 5) is 51.6. The van der Waals surface area contributed by atoms with Crippen molar-refractivity contribution in [3.63, 3.8) is 0 Å². The van der Waals surface area contributed by atoms with Gasteiger partial charge in [-0.2, -0.15) is 0 Å². The molecule has 0 aliphatic carbocycles. The predicted molar refractivity (Wildman–Crippen MR) is 147 cm³/mol. The van der Waals surface area contributed by atoms with Crippen LogP contribution in [0.3, 0.4) is 0 Å². The molecular weight excluding hydrogens is 484 g/mol. The van der Waals surface area contributed by atoms with Gasteiger partial charge in [0.15, 0.2) is 0 Å². The third kappa shape index (κ3) is 15.1. The van der Waals surface area contributed by atoms with Crippen LogP contribution in [0.25, 0.3) is 0 Å². The monoisotopic (exact) mass is 534 g/mol. The number of carbonyl (C=O) groups excluding carboxylic acids is 4. The zero-order chi connectivity index (χ0) is 27.3. The van der Waals surface area contributed by atoms with E-state index in [0.717, 1.165) is 116 Å². The Bertz CT molecular complexity index is 738. The molecule has 2 aliphatic rings. The highest BCUT2D eigenvalue weighted by Gasteiger charge is 2.16. The minimum Gasteiger partial charge on any atom is -0.466 e. The molecule has 0 bridgehead atoms. The summed E-state index contributed by atoms with van der Waals surface area (Å²) in [5, 5.41) is 0. The molecule has 0 radical (unpaired) electrons. The second-order valence-electron chi connectivity index (χ2n) is 10.5. The van der Waals surface area contributed by atoms with Gasteiger partial charge in [-0.15, -0.1) is 0 Å². The number of ether oxygens (including phenoxy) is 2. The summed E-state index contributed by atoms with van der Waals surface area (Å²) >= 11 is 0. The van der Waals surface area contributed by atoms with E-state index in [2.05, 4.69) is 0 Å². The number of allylic oxidation sites excluding steroid dienone is 1. The quantitative estimate of drug-likeness (QED) is 0.134. The Morgan fingerprint density at radius 1 is 0.658 bits per heavy atom. The minimum atomic E-state index is -0.379. The molecule has 2 saturated heterocycles. The maximum Gasteiger partial charge on any atom is 0.330 e. The average molecular weight is 535 g/mol. The second-order valence-corrected chi connectivity index (χ2v) is 10.5. The number of likely N-dealkylation sites (tertiary alicyclic amines) is 2. The Morgan fingerprint density at radius 3 is 1.76 bits per heavy atom. The molecule has 0 unspecified atom stereocenters. The van der Waals surface area contributed by atoms with E-state index in [-0.39, 0.29) is 18.4 Å². The zero-order valence-corrected chi connectivity index (χ0v) is 23.5. The van der Waals surface area contributed by atoms with Gasteiger partial charge in [-0.25, -0.2) is 4.79 Å². The standard InChI is InChI=1S/C30H50N2O6/c33-27-17-7-5-13-23-31(27)21-11-1-3-15-25-37-29(35)19-9-10-20-30(36)38-26-16-4-2-12-22-32-24-14-6-8-18-28(32)34/h9,19H,1-8,10-18,20-26H2/b19-9-. The SMILES string of the molecule is O=C(/C=C\CCC(=O)OCCCCCCN1CCCCCC1=O)OCCCCCCN1CCCCCC1=O. The lowest BCUT2D eigenvalue weighted by molar-refractivity contribution is -0.144. The molecule has 2 fully saturated rings. The zero-order valence-electron chi connectivity index (χ0n) is 23.5. The highest BCUT2D eigenvalue weighted by molar-refractivity contribution is 5.82. The molecule has 0 saturated carbocycles. The first-order valence-electron chi connectivity index (χ1n) is 15.1. The molecule has 2 amide bonds. The smallest absolute Gasteiger partial charge is 0.330 e. The van der Waals surface area contributed by atoms with Crippen LogP contribution < -0.4 is 0 Å². The first-order chi connectivity index (χ1) is 18.6. The van der Waals surface area contributed by atoms with Gasteiger partial charge in [0.2, 0.25) is 11.8 Å². The van der Waals surface area contributed by atoms with Gasteiger partial charge in [-0.1, -0.05) is 31.8 Å². The van der Waals surface area contributed by atoms with E-state index in [1.807, 2.05) is 9.80 Å². The molecule has 216 valence electrons. The van der Waals surface area contributed by atoms with Crippen molar-refractivity contribution < 1.29 is 28.7 Å². The van der Waals surface area contributed by atoms with Gasteiger partial charge in [0.25, 0.3) is 0 Å². The highest BCUT2D eigenvalue weighted by Crippen LogP contribution is 2.14. The van der Waals surface area contributed by atoms with E-state index >= 15 is 0 Å². The van der Waals surface area contributed by atoms with Crippen LogP contribution in [0.5, 0.6) is 0 Å². The average Bonchev–Trinajstić information content (AvgIpc) is 3.24. The fraction of sp³-hybridized carbons (Fsp3) is 0.800. The van der Waals surface area contributed by atoms with E-state index in [0.29, 0.717) is 44.3 Å². The van der Waals surface area contributed by atoms with Gasteiger partial charge in [-0.05, 0) is 70.6 Å². The lowest BCUT2D eigenvalue weighted by Gasteiger charge is -2.20. The van der Waals surface area contributed by atoms with Crippen LogP contribution in [0.15, 0.2) is 12.2 Å². The molecule has 2 heterocycles. The van der Waals surface area contributed by atoms with Gasteiger partial charge >= 0.3 is 11.9 Å². The molecule has 0 aromatic rings. The van der Waals surface area contributed by atoms with E-state index < -0.39 is 0 Å². The van der Waals surface area contributed by atoms with Crippen LogP contribution in [0.2, 0.25) is 0 Å². The normalized spacial score (nSPS) is 16.9. The summed E-state index contributed by atoms with van der Waals surface area (Å²) in [6.07, 6.45) is 19.4. The Balaban J connectivity index is 1.36. The molecule has 8 heteroatoms. The van der Waals surface area contributed by atoms with Crippen LogP contribution >= 0.6 is 0 Å². The summed E-state index contributed by atoms with van der Waals surface area (Å²) in [5.74, 6) is -0.0417. The Hall–Kier alpha value is -2.38. The van der Waals surface area contributed by atoms with Crippen LogP contribution in [0.1, 0.15) is 116 Å². The number of carbonyl (C=O) groups is 4. The molecule has 38 heavy (non-hydrogen) atoms. The van der Waals surface area contributed by atoms with Gasteiger partial charge in [-0.3, -0.25) is 14.4 Å². The maximum atomic E-state index is 12.0. The third-order valence-electron chi connectivity index (χ3n) is 7.26. The first-order valence-corrected chi connectivity index (χ1v) is 15.1. The Morgan fingerprint density at radius 2 is 1.18 bits per heavy atom. The summed E-state index contributed by atoms with van der Waals surface area (Å²) in [7, 11) is 0. The molecule has 0 spiro atoms. The second kappa shape index (κ2) is 20.6. The van der Waals surface area contributed by atoms with Crippen molar-refractivity contribution in [3.05, 3.63) is 12.2 Å². The summed E-state index contributed by atoms with van der Waals surface area (Å²) in [6.45, 7) is 4.28. The maximum absolute atomic E-state index is 12.0. The number of amides is 2. The van der Waals surface area contributed by atoms with Crippen molar-refractivity contribution in [3.8, 4) is 0 Å². The Labute approximate surface area is 229 Å². The van der Waals surface area contributed by atoms with Crippen molar-refractivity contribution in [1.29, 1.82) is 0 Å². The number of hydrogen-bond donors (Lipinski definition) is 0. The molecule has 8 nitrogen and oxygen atoms in total. The summed E-state index contributed by atoms with van der Waals surface area (Å²) < 4.78 is 10.5. The van der Waals surface area contributed by atoms with Crippen molar-refractivity contribution in [1.82, 2.24) is 9.80 Å². The van der Waals surface area contributed by atoms with E-state index in [1.54, 1.807) is 6.08 Å². The van der Waals surface area contributed by atoms with E-state index in [4.69, 9.17) is 9.47 Å². The van der Waals surface area contributed by atoms with Gasteiger partial charge in [0, 0.05) is 51.5 Å². The predicted octanol–water partition coefficient (Wildman–Crippen LogP) is 5.34. The number of hydrogen-bond acceptors (Lipinski definition) is 6. The molecule has 2 aliphatic heterocycles. The van der Waals surface area contributed by atoms with Crippen LogP contribution in [0, 0.1) is 0 Å². The molecule has 0 atom stereocenters. The van der Waals surface area contributed by atoms with Gasteiger partial charge in [0.1, 0.15) is 0 Å². The van der Waals surface area contributed by atoms with E-state index in [1.165, 1.54) is 6.08 Å². The van der Waals surface area contributed by atoms with Crippen molar-refractivity contribution in [2.75, 3.05) is 39.4 Å². The highest BCUT2D eigenvalue weighted by atomic mass is 16.5. The summed E-state index contributed by atoms with van der Waals surface area (Å²) in [5.41, 5.74) is 0. The number of esters is 2. The van der Waals surface area contributed by atoms with Gasteiger partial charge < -0.3 is 19.3 Å². The molecule has 0 aromatic heterocycles. The number of rotatable bonds is 18. The van der Waals surface area contributed by atoms with Crippen LogP contribution in [0.4, 0.5) is 0 Å². The fourth-order valence-corrected chi connectivity index (χ4v) is 4.93. The number of nitrogens with zero attached hydrogens (tertiary/aromatic N) is 2. The van der Waals surface area contributed by atoms with E-state index in [9.17, 15) is 19.2 Å². The Kier molecular flexibility index (Phi) is 17.2. The topological polar surface area (TPSA) is 93.2 Å². The number of unbranched alkanes of at least 4 members (excludes halogenated alkanes) is 6.